The van der Waals surface area contributed by atoms with Crippen LogP contribution in [0.2, 0.25) is 0 Å². The van der Waals surface area contributed by atoms with Crippen LogP contribution in [-0.2, 0) is 10.0 Å². The van der Waals surface area contributed by atoms with Crippen LogP contribution in [0.3, 0.4) is 0 Å². The number of hydrogen-bond acceptors (Lipinski definition) is 5. The Hall–Kier alpha value is -2.38. The molecule has 2 aromatic rings. The molecule has 1 saturated heterocycles. The van der Waals surface area contributed by atoms with Crippen LogP contribution in [0.25, 0.3) is 0 Å². The second-order valence-corrected chi connectivity index (χ2v) is 8.39. The van der Waals surface area contributed by atoms with Crippen LogP contribution >= 0.6 is 0 Å². The molecule has 0 bridgehead atoms. The number of carbonyl (C=O) groups is 1. The Kier molecular flexibility index (Phi) is 4.42. The third kappa shape index (κ3) is 3.08. The van der Waals surface area contributed by atoms with Gasteiger partial charge in [-0.05, 0) is 25.0 Å². The Labute approximate surface area is 152 Å². The first-order chi connectivity index (χ1) is 12.6. The Morgan fingerprint density at radius 3 is 2.62 bits per heavy atom. The summed E-state index contributed by atoms with van der Waals surface area (Å²) in [5, 5.41) is 0. The van der Waals surface area contributed by atoms with Gasteiger partial charge in [0.1, 0.15) is 0 Å². The van der Waals surface area contributed by atoms with E-state index in [-0.39, 0.29) is 29.9 Å². The molecule has 1 atom stereocenters. The van der Waals surface area contributed by atoms with Crippen molar-refractivity contribution in [2.75, 3.05) is 19.9 Å². The average Bonchev–Trinajstić information content (AvgIpc) is 3.16. The van der Waals surface area contributed by atoms with Gasteiger partial charge in [0.05, 0.1) is 4.90 Å². The molecule has 2 aromatic carbocycles. The van der Waals surface area contributed by atoms with Crippen LogP contribution in [0.1, 0.15) is 23.2 Å². The summed E-state index contributed by atoms with van der Waals surface area (Å²) in [5.74, 6) is 0.644. The molecule has 7 heteroatoms. The van der Waals surface area contributed by atoms with Gasteiger partial charge >= 0.3 is 0 Å². The number of rotatable bonds is 4. The third-order valence-electron chi connectivity index (χ3n) is 4.80. The first kappa shape index (κ1) is 17.1. The van der Waals surface area contributed by atoms with Gasteiger partial charge in [0, 0.05) is 30.6 Å². The molecule has 0 amide bonds. The molecule has 4 rings (SSSR count). The number of fused-ring (bicyclic) bond motifs is 1. The Morgan fingerprint density at radius 1 is 1.04 bits per heavy atom. The fourth-order valence-corrected chi connectivity index (χ4v) is 4.94. The standard InChI is InChI=1S/C19H19NO5S/c21-19(14-5-2-1-3-6-14)15-7-4-10-20(12-15)26(22,23)16-8-9-17-18(11-16)25-13-24-17/h1-3,5-6,8-9,11,15H,4,7,10,12-13H2. The molecular formula is C19H19NO5S. The second kappa shape index (κ2) is 6.74. The van der Waals surface area contributed by atoms with Crippen LogP contribution in [0.15, 0.2) is 53.4 Å². The maximum absolute atomic E-state index is 13.0. The molecule has 1 unspecified atom stereocenters. The van der Waals surface area contributed by atoms with E-state index in [4.69, 9.17) is 9.47 Å². The topological polar surface area (TPSA) is 72.9 Å². The number of ketones is 1. The van der Waals surface area contributed by atoms with Gasteiger partial charge in [0.15, 0.2) is 17.3 Å². The number of nitrogens with zero attached hydrogens (tertiary/aromatic N) is 1. The molecule has 26 heavy (non-hydrogen) atoms. The Balaban J connectivity index is 1.56. The van der Waals surface area contributed by atoms with Gasteiger partial charge in [0.2, 0.25) is 16.8 Å². The van der Waals surface area contributed by atoms with E-state index in [1.807, 2.05) is 18.2 Å². The molecule has 0 aromatic heterocycles. The van der Waals surface area contributed by atoms with E-state index < -0.39 is 10.0 Å². The largest absolute Gasteiger partial charge is 0.454 e. The molecule has 6 nitrogen and oxygen atoms in total. The summed E-state index contributed by atoms with van der Waals surface area (Å²) in [4.78, 5) is 12.9. The van der Waals surface area contributed by atoms with Crippen LogP contribution in [-0.4, -0.2) is 38.4 Å². The first-order valence-electron chi connectivity index (χ1n) is 8.55. The minimum absolute atomic E-state index is 0.00353. The Bertz CT molecular complexity index is 926. The van der Waals surface area contributed by atoms with Crippen LogP contribution < -0.4 is 9.47 Å². The van der Waals surface area contributed by atoms with Crippen molar-refractivity contribution in [2.24, 2.45) is 5.92 Å². The number of piperidine rings is 1. The highest BCUT2D eigenvalue weighted by Gasteiger charge is 2.34. The SMILES string of the molecule is O=C(c1ccccc1)C1CCCN(S(=O)(=O)c2ccc3c(c2)OCO3)C1. The molecule has 0 spiro atoms. The van der Waals surface area contributed by atoms with Gasteiger partial charge in [-0.3, -0.25) is 4.79 Å². The molecule has 2 heterocycles. The number of Topliss-reactive ketones (excluding diaryl/α,β-unsaturated/α-hetero) is 1. The number of sulfonamides is 1. The summed E-state index contributed by atoms with van der Waals surface area (Å²) in [5.41, 5.74) is 0.625. The van der Waals surface area contributed by atoms with Crippen molar-refractivity contribution in [3.63, 3.8) is 0 Å². The summed E-state index contributed by atoms with van der Waals surface area (Å²) >= 11 is 0. The minimum Gasteiger partial charge on any atom is -0.454 e. The zero-order valence-electron chi connectivity index (χ0n) is 14.1. The van der Waals surface area contributed by atoms with E-state index in [1.54, 1.807) is 18.2 Å². The highest BCUT2D eigenvalue weighted by molar-refractivity contribution is 7.89. The van der Waals surface area contributed by atoms with Crippen molar-refractivity contribution in [1.29, 1.82) is 0 Å². The summed E-state index contributed by atoms with van der Waals surface area (Å²) in [6.45, 7) is 0.704. The zero-order valence-corrected chi connectivity index (χ0v) is 14.9. The minimum atomic E-state index is -3.69. The molecule has 0 radical (unpaired) electrons. The predicted molar refractivity (Wildman–Crippen MR) is 94.8 cm³/mol. The lowest BCUT2D eigenvalue weighted by molar-refractivity contribution is 0.0872. The van der Waals surface area contributed by atoms with Gasteiger partial charge in [-0.2, -0.15) is 4.31 Å². The van der Waals surface area contributed by atoms with Gasteiger partial charge in [-0.25, -0.2) is 8.42 Å². The van der Waals surface area contributed by atoms with Crippen molar-refractivity contribution >= 4 is 15.8 Å². The maximum atomic E-state index is 13.0. The van der Waals surface area contributed by atoms with E-state index >= 15 is 0 Å². The number of carbonyl (C=O) groups excluding carboxylic acids is 1. The van der Waals surface area contributed by atoms with E-state index in [0.717, 1.165) is 0 Å². The predicted octanol–water partition coefficient (Wildman–Crippen LogP) is 2.70. The van der Waals surface area contributed by atoms with Crippen LogP contribution in [0, 0.1) is 5.92 Å². The number of ether oxygens (including phenoxy) is 2. The quantitative estimate of drug-likeness (QED) is 0.771. The smallest absolute Gasteiger partial charge is 0.243 e. The summed E-state index contributed by atoms with van der Waals surface area (Å²) < 4.78 is 37.9. The first-order valence-corrected chi connectivity index (χ1v) is 9.99. The molecule has 136 valence electrons. The highest BCUT2D eigenvalue weighted by atomic mass is 32.2. The molecule has 2 aliphatic heterocycles. The highest BCUT2D eigenvalue weighted by Crippen LogP contribution is 2.35. The monoisotopic (exact) mass is 373 g/mol. The lowest BCUT2D eigenvalue weighted by Crippen LogP contribution is -2.42. The average molecular weight is 373 g/mol. The Morgan fingerprint density at radius 2 is 1.81 bits per heavy atom. The summed E-state index contributed by atoms with van der Waals surface area (Å²) in [6.07, 6.45) is 1.36. The van der Waals surface area contributed by atoms with E-state index in [2.05, 4.69) is 0 Å². The summed E-state index contributed by atoms with van der Waals surface area (Å²) in [7, 11) is -3.69. The van der Waals surface area contributed by atoms with E-state index in [1.165, 1.54) is 16.4 Å². The normalized spacial score (nSPS) is 20.1. The number of benzene rings is 2. The molecule has 1 fully saturated rings. The van der Waals surface area contributed by atoms with Crippen molar-refractivity contribution in [1.82, 2.24) is 4.31 Å². The van der Waals surface area contributed by atoms with Crippen LogP contribution in [0.5, 0.6) is 11.5 Å². The second-order valence-electron chi connectivity index (χ2n) is 6.45. The lowest BCUT2D eigenvalue weighted by atomic mass is 9.91. The fourth-order valence-electron chi connectivity index (χ4n) is 3.40. The summed E-state index contributed by atoms with van der Waals surface area (Å²) in [6, 6.07) is 13.6. The molecule has 2 aliphatic rings. The van der Waals surface area contributed by atoms with Gasteiger partial charge in [0.25, 0.3) is 0 Å². The van der Waals surface area contributed by atoms with Crippen molar-refractivity contribution in [3.05, 3.63) is 54.1 Å². The van der Waals surface area contributed by atoms with Gasteiger partial charge < -0.3 is 9.47 Å². The third-order valence-corrected chi connectivity index (χ3v) is 6.66. The number of hydrogen-bond donors (Lipinski definition) is 0. The van der Waals surface area contributed by atoms with Crippen LogP contribution in [0.4, 0.5) is 0 Å². The molecular weight excluding hydrogens is 354 g/mol. The molecule has 0 N–H and O–H groups in total. The lowest BCUT2D eigenvalue weighted by Gasteiger charge is -2.31. The zero-order chi connectivity index (χ0) is 18.1. The van der Waals surface area contributed by atoms with Gasteiger partial charge in [-0.15, -0.1) is 0 Å². The fraction of sp³-hybridized carbons (Fsp3) is 0.316. The molecule has 0 saturated carbocycles. The maximum Gasteiger partial charge on any atom is 0.243 e. The van der Waals surface area contributed by atoms with E-state index in [0.29, 0.717) is 36.4 Å². The van der Waals surface area contributed by atoms with Gasteiger partial charge in [-0.1, -0.05) is 30.3 Å². The van der Waals surface area contributed by atoms with Crippen molar-refractivity contribution < 1.29 is 22.7 Å². The molecule has 0 aliphatic carbocycles. The van der Waals surface area contributed by atoms with Crippen molar-refractivity contribution in [2.45, 2.75) is 17.7 Å². The van der Waals surface area contributed by atoms with Crippen molar-refractivity contribution in [3.8, 4) is 11.5 Å². The van der Waals surface area contributed by atoms with E-state index in [9.17, 15) is 13.2 Å².